The number of hydrogen-bond donors (Lipinski definition) is 1. The zero-order valence-electron chi connectivity index (χ0n) is 15.8. The molecule has 7 heteroatoms. The minimum Gasteiger partial charge on any atom is -0.341 e. The number of nitrogens with zero attached hydrogens (tertiary/aromatic N) is 2. The first-order chi connectivity index (χ1) is 12.4. The van der Waals surface area contributed by atoms with E-state index in [9.17, 15) is 14.0 Å². The van der Waals surface area contributed by atoms with Crippen LogP contribution in [0.2, 0.25) is 0 Å². The van der Waals surface area contributed by atoms with Crippen LogP contribution >= 0.6 is 12.4 Å². The summed E-state index contributed by atoms with van der Waals surface area (Å²) in [6.07, 6.45) is 4.56. The number of rotatable bonds is 2. The fraction of sp³-hybridized carbons (Fsp3) is 0.600. The van der Waals surface area contributed by atoms with Gasteiger partial charge < -0.3 is 15.5 Å². The van der Waals surface area contributed by atoms with E-state index in [0.29, 0.717) is 31.7 Å². The molecule has 1 aliphatic heterocycles. The number of nitrogens with two attached hydrogens (primary N) is 1. The Morgan fingerprint density at radius 3 is 2.52 bits per heavy atom. The molecule has 0 aromatic heterocycles. The van der Waals surface area contributed by atoms with Crippen LogP contribution in [0, 0.1) is 11.7 Å². The molecule has 5 nitrogen and oxygen atoms in total. The average Bonchev–Trinajstić information content (AvgIpc) is 2.86. The van der Waals surface area contributed by atoms with Crippen molar-refractivity contribution in [1.82, 2.24) is 9.80 Å². The van der Waals surface area contributed by atoms with Crippen LogP contribution in [-0.2, 0) is 4.79 Å². The highest BCUT2D eigenvalue weighted by Crippen LogP contribution is 2.33. The van der Waals surface area contributed by atoms with Crippen molar-refractivity contribution in [3.8, 4) is 0 Å². The Balaban J connectivity index is 0.00000261. The second-order valence-electron chi connectivity index (χ2n) is 7.79. The van der Waals surface area contributed by atoms with Crippen molar-refractivity contribution in [2.75, 3.05) is 26.2 Å². The molecule has 2 aliphatic rings. The molecule has 0 bridgehead atoms. The second kappa shape index (κ2) is 9.02. The molecule has 0 radical (unpaired) electrons. The van der Waals surface area contributed by atoms with Gasteiger partial charge in [0.2, 0.25) is 5.91 Å². The van der Waals surface area contributed by atoms with Crippen molar-refractivity contribution in [3.05, 3.63) is 35.6 Å². The van der Waals surface area contributed by atoms with Gasteiger partial charge in [0.05, 0.1) is 5.92 Å². The second-order valence-corrected chi connectivity index (χ2v) is 7.79. The van der Waals surface area contributed by atoms with Crippen molar-refractivity contribution in [1.29, 1.82) is 0 Å². The molecule has 0 spiro atoms. The SMILES string of the molecule is CC1(N)CCCCC1C(=O)N1CCCN(C(=O)c2cccc(F)c2)CC1.Cl. The normalized spacial score (nSPS) is 26.1. The Labute approximate surface area is 166 Å². The molecular formula is C20H29ClFN3O2. The molecule has 150 valence electrons. The number of benzene rings is 1. The summed E-state index contributed by atoms with van der Waals surface area (Å²) in [6.45, 7) is 4.16. The summed E-state index contributed by atoms with van der Waals surface area (Å²) >= 11 is 0. The lowest BCUT2D eigenvalue weighted by Gasteiger charge is -2.39. The average molecular weight is 398 g/mol. The van der Waals surface area contributed by atoms with Crippen molar-refractivity contribution in [2.45, 2.75) is 44.6 Å². The van der Waals surface area contributed by atoms with Crippen LogP contribution in [0.25, 0.3) is 0 Å². The van der Waals surface area contributed by atoms with Crippen LogP contribution in [0.5, 0.6) is 0 Å². The lowest BCUT2D eigenvalue weighted by Crippen LogP contribution is -2.54. The molecule has 2 unspecified atom stereocenters. The van der Waals surface area contributed by atoms with Gasteiger partial charge in [-0.05, 0) is 44.4 Å². The van der Waals surface area contributed by atoms with Crippen molar-refractivity contribution < 1.29 is 14.0 Å². The smallest absolute Gasteiger partial charge is 0.254 e. The number of hydrogen-bond acceptors (Lipinski definition) is 3. The third-order valence-corrected chi connectivity index (χ3v) is 5.72. The van der Waals surface area contributed by atoms with Gasteiger partial charge in [0.25, 0.3) is 5.91 Å². The summed E-state index contributed by atoms with van der Waals surface area (Å²) in [5.74, 6) is -0.612. The van der Waals surface area contributed by atoms with E-state index in [1.54, 1.807) is 17.0 Å². The molecule has 1 heterocycles. The van der Waals surface area contributed by atoms with Gasteiger partial charge in [-0.1, -0.05) is 18.9 Å². The van der Waals surface area contributed by atoms with Crippen molar-refractivity contribution in [2.24, 2.45) is 11.7 Å². The summed E-state index contributed by atoms with van der Waals surface area (Å²) in [5, 5.41) is 0. The Bertz CT molecular complexity index is 683. The number of halogens is 2. The summed E-state index contributed by atoms with van der Waals surface area (Å²) in [5.41, 5.74) is 6.29. The first kappa shape index (κ1) is 21.6. The monoisotopic (exact) mass is 397 g/mol. The standard InChI is InChI=1S/C20H28FN3O2.ClH/c1-20(22)9-3-2-8-17(20)19(26)24-11-5-10-23(12-13-24)18(25)15-6-4-7-16(21)14-15;/h4,6-7,14,17H,2-3,5,8-13,22H2,1H3;1H. The van der Waals surface area contributed by atoms with E-state index in [2.05, 4.69) is 0 Å². The summed E-state index contributed by atoms with van der Waals surface area (Å²) in [4.78, 5) is 29.2. The van der Waals surface area contributed by atoms with Gasteiger partial charge in [-0.2, -0.15) is 0 Å². The van der Waals surface area contributed by atoms with Crippen LogP contribution in [0.1, 0.15) is 49.4 Å². The molecule has 27 heavy (non-hydrogen) atoms. The number of carbonyl (C=O) groups excluding carboxylic acids is 2. The van der Waals surface area contributed by atoms with Gasteiger partial charge in [-0.25, -0.2) is 4.39 Å². The Morgan fingerprint density at radius 1 is 1.11 bits per heavy atom. The highest BCUT2D eigenvalue weighted by molar-refractivity contribution is 5.94. The summed E-state index contributed by atoms with van der Waals surface area (Å²) < 4.78 is 13.4. The van der Waals surface area contributed by atoms with Crippen LogP contribution in [0.15, 0.2) is 24.3 Å². The maximum absolute atomic E-state index is 13.4. The van der Waals surface area contributed by atoms with Gasteiger partial charge in [0, 0.05) is 37.3 Å². The first-order valence-corrected chi connectivity index (χ1v) is 9.51. The van der Waals surface area contributed by atoms with Crippen LogP contribution in [-0.4, -0.2) is 53.3 Å². The fourth-order valence-corrected chi connectivity index (χ4v) is 4.13. The zero-order chi connectivity index (χ0) is 18.7. The van der Waals surface area contributed by atoms with E-state index >= 15 is 0 Å². The number of carbonyl (C=O) groups is 2. The van der Waals surface area contributed by atoms with E-state index in [1.165, 1.54) is 12.1 Å². The van der Waals surface area contributed by atoms with E-state index < -0.39 is 11.4 Å². The number of amides is 2. The third kappa shape index (κ3) is 4.99. The van der Waals surface area contributed by atoms with Gasteiger partial charge in [-0.3, -0.25) is 9.59 Å². The quantitative estimate of drug-likeness (QED) is 0.834. The minimum atomic E-state index is -0.446. The Morgan fingerprint density at radius 2 is 1.81 bits per heavy atom. The van der Waals surface area contributed by atoms with Gasteiger partial charge in [0.15, 0.2) is 0 Å². The molecule has 3 rings (SSSR count). The molecule has 1 aromatic rings. The van der Waals surface area contributed by atoms with Crippen LogP contribution in [0.3, 0.4) is 0 Å². The lowest BCUT2D eigenvalue weighted by atomic mass is 9.74. The lowest BCUT2D eigenvalue weighted by molar-refractivity contribution is -0.138. The molecular weight excluding hydrogens is 369 g/mol. The molecule has 1 aromatic carbocycles. The van der Waals surface area contributed by atoms with Crippen molar-refractivity contribution >= 4 is 24.2 Å². The van der Waals surface area contributed by atoms with Gasteiger partial charge in [-0.15, -0.1) is 12.4 Å². The summed E-state index contributed by atoms with van der Waals surface area (Å²) in [7, 11) is 0. The maximum atomic E-state index is 13.4. The fourth-order valence-electron chi connectivity index (χ4n) is 4.13. The topological polar surface area (TPSA) is 66.6 Å². The maximum Gasteiger partial charge on any atom is 0.254 e. The largest absolute Gasteiger partial charge is 0.341 e. The molecule has 2 atom stereocenters. The zero-order valence-corrected chi connectivity index (χ0v) is 16.6. The van der Waals surface area contributed by atoms with E-state index in [0.717, 1.165) is 32.1 Å². The molecule has 2 fully saturated rings. The van der Waals surface area contributed by atoms with Crippen molar-refractivity contribution in [3.63, 3.8) is 0 Å². The van der Waals surface area contributed by atoms with Gasteiger partial charge in [0.1, 0.15) is 5.82 Å². The molecule has 1 aliphatic carbocycles. The molecule has 1 saturated carbocycles. The predicted molar refractivity (Wildman–Crippen MR) is 105 cm³/mol. The van der Waals surface area contributed by atoms with Gasteiger partial charge >= 0.3 is 0 Å². The Kier molecular flexibility index (Phi) is 7.23. The highest BCUT2D eigenvalue weighted by Gasteiger charge is 2.40. The summed E-state index contributed by atoms with van der Waals surface area (Å²) in [6, 6.07) is 5.76. The molecule has 1 saturated heterocycles. The highest BCUT2D eigenvalue weighted by atomic mass is 35.5. The van der Waals surface area contributed by atoms with E-state index in [4.69, 9.17) is 5.73 Å². The van der Waals surface area contributed by atoms with Crippen LogP contribution < -0.4 is 5.73 Å². The van der Waals surface area contributed by atoms with E-state index in [-0.39, 0.29) is 30.1 Å². The molecule has 2 N–H and O–H groups in total. The Hall–Kier alpha value is -1.66. The third-order valence-electron chi connectivity index (χ3n) is 5.72. The molecule has 2 amide bonds. The predicted octanol–water partition coefficient (Wildman–Crippen LogP) is 2.83. The first-order valence-electron chi connectivity index (χ1n) is 9.51. The van der Waals surface area contributed by atoms with Crippen LogP contribution in [0.4, 0.5) is 4.39 Å². The van der Waals surface area contributed by atoms with E-state index in [1.807, 2.05) is 11.8 Å². The minimum absolute atomic E-state index is 0.